The molecule has 1 aliphatic rings. The first-order valence-electron chi connectivity index (χ1n) is 9.51. The molecule has 154 valence electrons. The molecule has 1 saturated heterocycles. The van der Waals surface area contributed by atoms with Crippen LogP contribution in [-0.4, -0.2) is 29.8 Å². The van der Waals surface area contributed by atoms with E-state index in [1.54, 1.807) is 17.0 Å². The van der Waals surface area contributed by atoms with Gasteiger partial charge in [0.25, 0.3) is 0 Å². The maximum absolute atomic E-state index is 13.7. The normalized spacial score (nSPS) is 15.8. The summed E-state index contributed by atoms with van der Waals surface area (Å²) in [6.45, 7) is 2.68. The van der Waals surface area contributed by atoms with Crippen molar-refractivity contribution in [2.75, 3.05) is 13.1 Å². The predicted molar refractivity (Wildman–Crippen MR) is 102 cm³/mol. The molecule has 1 fully saturated rings. The minimum atomic E-state index is -0.698. The lowest BCUT2D eigenvalue weighted by molar-refractivity contribution is -0.139. The molecule has 0 aromatic heterocycles. The summed E-state index contributed by atoms with van der Waals surface area (Å²) < 4.78 is 39.7. The lowest BCUT2D eigenvalue weighted by Gasteiger charge is -2.38. The fourth-order valence-corrected chi connectivity index (χ4v) is 3.42. The molecular formula is C22H23F3N2O2. The average Bonchev–Trinajstić information content (AvgIpc) is 2.69. The van der Waals surface area contributed by atoms with Crippen molar-refractivity contribution >= 4 is 11.8 Å². The molecule has 0 unspecified atom stereocenters. The number of benzene rings is 2. The quantitative estimate of drug-likeness (QED) is 0.828. The molecule has 0 saturated carbocycles. The van der Waals surface area contributed by atoms with Crippen molar-refractivity contribution in [3.63, 3.8) is 0 Å². The average molecular weight is 404 g/mol. The van der Waals surface area contributed by atoms with Gasteiger partial charge in [-0.2, -0.15) is 0 Å². The number of piperidine rings is 1. The second kappa shape index (κ2) is 8.68. The van der Waals surface area contributed by atoms with Crippen molar-refractivity contribution in [1.29, 1.82) is 0 Å². The molecule has 1 N–H and O–H groups in total. The van der Waals surface area contributed by atoms with Gasteiger partial charge in [0.2, 0.25) is 11.8 Å². The third-order valence-electron chi connectivity index (χ3n) is 5.49. The molecule has 1 heterocycles. The Balaban J connectivity index is 1.51. The van der Waals surface area contributed by atoms with E-state index < -0.39 is 17.0 Å². The van der Waals surface area contributed by atoms with E-state index in [0.717, 1.165) is 17.7 Å². The van der Waals surface area contributed by atoms with Crippen LogP contribution in [0.1, 0.15) is 30.9 Å². The van der Waals surface area contributed by atoms with Gasteiger partial charge in [0.15, 0.2) is 0 Å². The van der Waals surface area contributed by atoms with E-state index in [-0.39, 0.29) is 36.2 Å². The molecule has 0 aliphatic carbocycles. The molecule has 0 bridgehead atoms. The van der Waals surface area contributed by atoms with E-state index in [4.69, 9.17) is 0 Å². The minimum absolute atomic E-state index is 0.0201. The minimum Gasteiger partial charge on any atom is -0.351 e. The zero-order chi connectivity index (χ0) is 21.0. The molecule has 0 atom stereocenters. The number of carbonyl (C=O) groups excluding carboxylic acids is 2. The molecule has 0 spiro atoms. The van der Waals surface area contributed by atoms with Gasteiger partial charge < -0.3 is 10.2 Å². The third kappa shape index (κ3) is 5.16. The van der Waals surface area contributed by atoms with E-state index >= 15 is 0 Å². The molecule has 2 aromatic rings. The molecule has 1 aliphatic heterocycles. The summed E-state index contributed by atoms with van der Waals surface area (Å²) in [7, 11) is 0. The summed E-state index contributed by atoms with van der Waals surface area (Å²) in [6, 6.07) is 9.07. The Morgan fingerprint density at radius 2 is 1.62 bits per heavy atom. The molecule has 7 heteroatoms. The van der Waals surface area contributed by atoms with Crippen molar-refractivity contribution in [2.45, 2.75) is 32.7 Å². The lowest BCUT2D eigenvalue weighted by Crippen LogP contribution is -2.49. The van der Waals surface area contributed by atoms with Gasteiger partial charge in [0.1, 0.15) is 17.5 Å². The monoisotopic (exact) mass is 404 g/mol. The Morgan fingerprint density at radius 3 is 2.24 bits per heavy atom. The van der Waals surface area contributed by atoms with Gasteiger partial charge in [0, 0.05) is 36.7 Å². The van der Waals surface area contributed by atoms with Crippen molar-refractivity contribution in [3.05, 3.63) is 71.0 Å². The summed E-state index contributed by atoms with van der Waals surface area (Å²) >= 11 is 0. The molecular weight excluding hydrogens is 381 g/mol. The van der Waals surface area contributed by atoms with Gasteiger partial charge >= 0.3 is 0 Å². The number of nitrogens with one attached hydrogen (secondary N) is 1. The van der Waals surface area contributed by atoms with Crippen LogP contribution in [0.5, 0.6) is 0 Å². The number of carbonyl (C=O) groups is 2. The fraction of sp³-hybridized carbons (Fsp3) is 0.364. The summed E-state index contributed by atoms with van der Waals surface area (Å²) in [5, 5.41) is 2.72. The number of halogens is 3. The number of rotatable bonds is 5. The maximum atomic E-state index is 13.7. The molecule has 3 rings (SSSR count). The molecule has 0 radical (unpaired) electrons. The first-order chi connectivity index (χ1) is 13.8. The molecule has 29 heavy (non-hydrogen) atoms. The van der Waals surface area contributed by atoms with Crippen LogP contribution in [0, 0.1) is 22.9 Å². The van der Waals surface area contributed by atoms with E-state index in [2.05, 4.69) is 5.32 Å². The number of nitrogens with zero attached hydrogens (tertiary/aromatic N) is 1. The van der Waals surface area contributed by atoms with Crippen LogP contribution in [0.25, 0.3) is 0 Å². The standard InChI is InChI=1S/C22H23F3N2O2/c1-22(21(29)26-14-16-4-7-18(24)13-19(16)25)8-10-27(11-9-22)20(28)12-15-2-5-17(23)6-3-15/h2-7,13H,8-12,14H2,1H3,(H,26,29). The topological polar surface area (TPSA) is 49.4 Å². The molecule has 2 amide bonds. The largest absolute Gasteiger partial charge is 0.351 e. The molecule has 2 aromatic carbocycles. The van der Waals surface area contributed by atoms with E-state index in [1.165, 1.54) is 18.2 Å². The Morgan fingerprint density at radius 1 is 1.00 bits per heavy atom. The number of amides is 2. The highest BCUT2D eigenvalue weighted by Gasteiger charge is 2.37. The van der Waals surface area contributed by atoms with Crippen LogP contribution in [0.15, 0.2) is 42.5 Å². The van der Waals surface area contributed by atoms with Crippen LogP contribution < -0.4 is 5.32 Å². The summed E-state index contributed by atoms with van der Waals surface area (Å²) in [4.78, 5) is 26.8. The fourth-order valence-electron chi connectivity index (χ4n) is 3.42. The van der Waals surface area contributed by atoms with Crippen molar-refractivity contribution < 1.29 is 22.8 Å². The number of hydrogen-bond donors (Lipinski definition) is 1. The zero-order valence-corrected chi connectivity index (χ0v) is 16.2. The summed E-state index contributed by atoms with van der Waals surface area (Å²) in [5.74, 6) is -1.99. The first-order valence-corrected chi connectivity index (χ1v) is 9.51. The highest BCUT2D eigenvalue weighted by molar-refractivity contribution is 5.83. The summed E-state index contributed by atoms with van der Waals surface area (Å²) in [6.07, 6.45) is 1.16. The lowest BCUT2D eigenvalue weighted by atomic mass is 9.79. The first kappa shape index (κ1) is 20.9. The highest BCUT2D eigenvalue weighted by atomic mass is 19.1. The van der Waals surface area contributed by atoms with Gasteiger partial charge in [-0.1, -0.05) is 25.1 Å². The highest BCUT2D eigenvalue weighted by Crippen LogP contribution is 2.31. The second-order valence-electron chi connectivity index (χ2n) is 7.66. The van der Waals surface area contributed by atoms with Crippen molar-refractivity contribution in [2.24, 2.45) is 5.41 Å². The Kier molecular flexibility index (Phi) is 6.25. The Labute approximate surface area is 167 Å². The van der Waals surface area contributed by atoms with Gasteiger partial charge in [-0.3, -0.25) is 9.59 Å². The van der Waals surface area contributed by atoms with Crippen LogP contribution in [-0.2, 0) is 22.6 Å². The van der Waals surface area contributed by atoms with Crippen LogP contribution in [0.2, 0.25) is 0 Å². The van der Waals surface area contributed by atoms with Crippen LogP contribution >= 0.6 is 0 Å². The van der Waals surface area contributed by atoms with Gasteiger partial charge in [0.05, 0.1) is 6.42 Å². The third-order valence-corrected chi connectivity index (χ3v) is 5.49. The van der Waals surface area contributed by atoms with E-state index in [1.807, 2.05) is 6.92 Å². The van der Waals surface area contributed by atoms with Crippen molar-refractivity contribution in [1.82, 2.24) is 10.2 Å². The molecule has 4 nitrogen and oxygen atoms in total. The van der Waals surface area contributed by atoms with Crippen LogP contribution in [0.4, 0.5) is 13.2 Å². The van der Waals surface area contributed by atoms with Crippen LogP contribution in [0.3, 0.4) is 0 Å². The predicted octanol–water partition coefficient (Wildman–Crippen LogP) is 3.59. The Bertz CT molecular complexity index is 891. The zero-order valence-electron chi connectivity index (χ0n) is 16.2. The Hall–Kier alpha value is -2.83. The summed E-state index contributed by atoms with van der Waals surface area (Å²) in [5.41, 5.74) is 0.294. The van der Waals surface area contributed by atoms with Gasteiger partial charge in [-0.15, -0.1) is 0 Å². The van der Waals surface area contributed by atoms with Gasteiger partial charge in [-0.05, 0) is 36.6 Å². The smallest absolute Gasteiger partial charge is 0.226 e. The van der Waals surface area contributed by atoms with E-state index in [9.17, 15) is 22.8 Å². The second-order valence-corrected chi connectivity index (χ2v) is 7.66. The van der Waals surface area contributed by atoms with E-state index in [0.29, 0.717) is 25.9 Å². The maximum Gasteiger partial charge on any atom is 0.226 e. The van der Waals surface area contributed by atoms with Gasteiger partial charge in [-0.25, -0.2) is 13.2 Å². The van der Waals surface area contributed by atoms with Crippen molar-refractivity contribution in [3.8, 4) is 0 Å². The SMILES string of the molecule is CC1(C(=O)NCc2ccc(F)cc2F)CCN(C(=O)Cc2ccc(F)cc2)CC1. The number of hydrogen-bond acceptors (Lipinski definition) is 2. The number of likely N-dealkylation sites (tertiary alicyclic amines) is 1.